The summed E-state index contributed by atoms with van der Waals surface area (Å²) in [5.41, 5.74) is 0. The van der Waals surface area contributed by atoms with E-state index in [9.17, 15) is 0 Å². The molecule has 2 rings (SSSR count). The van der Waals surface area contributed by atoms with E-state index in [2.05, 4.69) is 29.2 Å². The van der Waals surface area contributed by atoms with Crippen LogP contribution in [-0.4, -0.2) is 20.8 Å². The second-order valence-electron chi connectivity index (χ2n) is 5.18. The van der Waals surface area contributed by atoms with Crippen molar-refractivity contribution in [3.8, 4) is 0 Å². The van der Waals surface area contributed by atoms with Gasteiger partial charge in [0.2, 0.25) is 0 Å². The Morgan fingerprint density at radius 1 is 1.41 bits per heavy atom. The average Bonchev–Trinajstić information content (AvgIpc) is 2.95. The van der Waals surface area contributed by atoms with E-state index < -0.39 is 0 Å². The molecule has 1 aliphatic rings. The van der Waals surface area contributed by atoms with Crippen LogP contribution >= 0.6 is 0 Å². The van der Waals surface area contributed by atoms with Gasteiger partial charge >= 0.3 is 0 Å². The summed E-state index contributed by atoms with van der Waals surface area (Å²) in [6.07, 6.45) is 6.35. The van der Waals surface area contributed by atoms with E-state index in [4.69, 9.17) is 0 Å². The van der Waals surface area contributed by atoms with Crippen molar-refractivity contribution in [3.63, 3.8) is 0 Å². The zero-order chi connectivity index (χ0) is 12.3. The van der Waals surface area contributed by atoms with Gasteiger partial charge in [0.25, 0.3) is 0 Å². The lowest BCUT2D eigenvalue weighted by atomic mass is 10.1. The number of hydrogen-bond acceptors (Lipinski definition) is 3. The number of rotatable bonds is 5. The molecule has 0 aliphatic heterocycles. The molecule has 1 aromatic rings. The van der Waals surface area contributed by atoms with Crippen LogP contribution in [0.5, 0.6) is 0 Å². The van der Waals surface area contributed by atoms with Gasteiger partial charge in [-0.25, -0.2) is 4.98 Å². The Bertz CT molecular complexity index is 352. The summed E-state index contributed by atoms with van der Waals surface area (Å²) in [7, 11) is 2.00. The first-order valence-electron chi connectivity index (χ1n) is 6.84. The molecule has 96 valence electrons. The third kappa shape index (κ3) is 3.06. The molecule has 4 nitrogen and oxygen atoms in total. The van der Waals surface area contributed by atoms with Gasteiger partial charge in [0.1, 0.15) is 5.82 Å². The molecule has 0 saturated heterocycles. The van der Waals surface area contributed by atoms with Gasteiger partial charge in [-0.15, -0.1) is 0 Å². The van der Waals surface area contributed by atoms with E-state index in [0.717, 1.165) is 24.6 Å². The molecule has 0 radical (unpaired) electrons. The summed E-state index contributed by atoms with van der Waals surface area (Å²) in [6.45, 7) is 5.22. The van der Waals surface area contributed by atoms with Crippen molar-refractivity contribution in [3.05, 3.63) is 11.6 Å². The molecule has 0 amide bonds. The van der Waals surface area contributed by atoms with Crippen molar-refractivity contribution >= 4 is 0 Å². The SMILES string of the molecule is CCC(C)NCc1nc(C2CCCC2)nn1C. The van der Waals surface area contributed by atoms with E-state index in [1.54, 1.807) is 0 Å². The minimum atomic E-state index is 0.543. The molecule has 1 aliphatic carbocycles. The van der Waals surface area contributed by atoms with E-state index >= 15 is 0 Å². The summed E-state index contributed by atoms with van der Waals surface area (Å²) < 4.78 is 1.93. The number of aromatic nitrogens is 3. The third-order valence-corrected chi connectivity index (χ3v) is 3.81. The zero-order valence-electron chi connectivity index (χ0n) is 11.2. The molecule has 17 heavy (non-hydrogen) atoms. The van der Waals surface area contributed by atoms with Gasteiger partial charge in [0.05, 0.1) is 6.54 Å². The highest BCUT2D eigenvalue weighted by atomic mass is 15.3. The molecule has 1 fully saturated rings. The highest BCUT2D eigenvalue weighted by Gasteiger charge is 2.22. The molecule has 0 bridgehead atoms. The van der Waals surface area contributed by atoms with Gasteiger partial charge in [-0.05, 0) is 26.2 Å². The van der Waals surface area contributed by atoms with Crippen LogP contribution in [0, 0.1) is 0 Å². The maximum Gasteiger partial charge on any atom is 0.154 e. The number of aryl methyl sites for hydroxylation is 1. The van der Waals surface area contributed by atoms with Gasteiger partial charge in [-0.1, -0.05) is 19.8 Å². The molecular formula is C13H24N4. The quantitative estimate of drug-likeness (QED) is 0.853. The first kappa shape index (κ1) is 12.6. The Morgan fingerprint density at radius 2 is 2.12 bits per heavy atom. The Balaban J connectivity index is 1.97. The normalized spacial score (nSPS) is 18.8. The first-order chi connectivity index (χ1) is 8.20. The minimum absolute atomic E-state index is 0.543. The molecule has 1 N–H and O–H groups in total. The van der Waals surface area contributed by atoms with Crippen molar-refractivity contribution in [2.45, 2.75) is 64.5 Å². The number of nitrogens with one attached hydrogen (secondary N) is 1. The van der Waals surface area contributed by atoms with E-state index in [0.29, 0.717) is 12.0 Å². The maximum absolute atomic E-state index is 4.69. The average molecular weight is 236 g/mol. The molecule has 1 atom stereocenters. The summed E-state index contributed by atoms with van der Waals surface area (Å²) in [6, 6.07) is 0.543. The smallest absolute Gasteiger partial charge is 0.154 e. The van der Waals surface area contributed by atoms with Crippen LogP contribution in [0.15, 0.2) is 0 Å². The highest BCUT2D eigenvalue weighted by molar-refractivity contribution is 5.01. The van der Waals surface area contributed by atoms with Gasteiger partial charge in [-0.2, -0.15) is 5.10 Å². The van der Waals surface area contributed by atoms with E-state index in [-0.39, 0.29) is 0 Å². The first-order valence-corrected chi connectivity index (χ1v) is 6.84. The Labute approximate surface area is 104 Å². The predicted molar refractivity (Wildman–Crippen MR) is 68.8 cm³/mol. The number of nitrogens with zero attached hydrogens (tertiary/aromatic N) is 3. The van der Waals surface area contributed by atoms with Crippen LogP contribution in [0.3, 0.4) is 0 Å². The lowest BCUT2D eigenvalue weighted by Gasteiger charge is -2.09. The van der Waals surface area contributed by atoms with Gasteiger partial charge in [0, 0.05) is 19.0 Å². The van der Waals surface area contributed by atoms with Crippen molar-refractivity contribution in [1.29, 1.82) is 0 Å². The fourth-order valence-corrected chi connectivity index (χ4v) is 2.36. The Hall–Kier alpha value is -0.900. The summed E-state index contributed by atoms with van der Waals surface area (Å²) >= 11 is 0. The second-order valence-corrected chi connectivity index (χ2v) is 5.18. The topological polar surface area (TPSA) is 42.7 Å². The summed E-state index contributed by atoms with van der Waals surface area (Å²) in [4.78, 5) is 4.69. The lowest BCUT2D eigenvalue weighted by Crippen LogP contribution is -2.26. The largest absolute Gasteiger partial charge is 0.307 e. The van der Waals surface area contributed by atoms with Crippen molar-refractivity contribution in [2.75, 3.05) is 0 Å². The summed E-state index contributed by atoms with van der Waals surface area (Å²) in [5, 5.41) is 8.03. The van der Waals surface area contributed by atoms with Gasteiger partial charge < -0.3 is 5.32 Å². The van der Waals surface area contributed by atoms with Crippen LogP contribution in [-0.2, 0) is 13.6 Å². The summed E-state index contributed by atoms with van der Waals surface area (Å²) in [5.74, 6) is 2.73. The van der Waals surface area contributed by atoms with Crippen molar-refractivity contribution in [1.82, 2.24) is 20.1 Å². The maximum atomic E-state index is 4.69. The number of hydrogen-bond donors (Lipinski definition) is 1. The second kappa shape index (κ2) is 5.63. The van der Waals surface area contributed by atoms with Crippen molar-refractivity contribution < 1.29 is 0 Å². The monoisotopic (exact) mass is 236 g/mol. The van der Waals surface area contributed by atoms with Crippen LogP contribution in [0.25, 0.3) is 0 Å². The molecule has 1 unspecified atom stereocenters. The molecule has 0 aromatic carbocycles. The molecule has 1 aromatic heterocycles. The third-order valence-electron chi connectivity index (χ3n) is 3.81. The molecule has 1 saturated carbocycles. The van der Waals surface area contributed by atoms with Crippen molar-refractivity contribution in [2.24, 2.45) is 7.05 Å². The van der Waals surface area contributed by atoms with Crippen LogP contribution < -0.4 is 5.32 Å². The van der Waals surface area contributed by atoms with Crippen LogP contribution in [0.4, 0.5) is 0 Å². The van der Waals surface area contributed by atoms with Crippen LogP contribution in [0.1, 0.15) is 63.5 Å². The molecule has 0 spiro atoms. The van der Waals surface area contributed by atoms with Gasteiger partial charge in [0.15, 0.2) is 5.82 Å². The lowest BCUT2D eigenvalue weighted by molar-refractivity contribution is 0.510. The Morgan fingerprint density at radius 3 is 2.76 bits per heavy atom. The van der Waals surface area contributed by atoms with Crippen LogP contribution in [0.2, 0.25) is 0 Å². The Kier molecular flexibility index (Phi) is 4.15. The van der Waals surface area contributed by atoms with E-state index in [1.807, 2.05) is 11.7 Å². The van der Waals surface area contributed by atoms with E-state index in [1.165, 1.54) is 25.7 Å². The fraction of sp³-hybridized carbons (Fsp3) is 0.846. The predicted octanol–water partition coefficient (Wildman–Crippen LogP) is 2.36. The molecule has 1 heterocycles. The molecular weight excluding hydrogens is 212 g/mol. The fourth-order valence-electron chi connectivity index (χ4n) is 2.36. The molecule has 4 heteroatoms. The van der Waals surface area contributed by atoms with Gasteiger partial charge in [-0.3, -0.25) is 4.68 Å². The minimum Gasteiger partial charge on any atom is -0.307 e. The highest BCUT2D eigenvalue weighted by Crippen LogP contribution is 2.32. The zero-order valence-corrected chi connectivity index (χ0v) is 11.2. The standard InChI is InChI=1S/C13H24N4/c1-4-10(2)14-9-12-15-13(16-17(12)3)11-7-5-6-8-11/h10-11,14H,4-9H2,1-3H3.